The molecule has 0 unspecified atom stereocenters. The van der Waals surface area contributed by atoms with Gasteiger partial charge in [0.15, 0.2) is 11.6 Å². The van der Waals surface area contributed by atoms with Crippen molar-refractivity contribution in [3.05, 3.63) is 65.0 Å². The van der Waals surface area contributed by atoms with E-state index < -0.39 is 23.4 Å². The summed E-state index contributed by atoms with van der Waals surface area (Å²) in [6.45, 7) is -0.0794. The number of halogens is 3. The lowest BCUT2D eigenvalue weighted by Gasteiger charge is -2.08. The van der Waals surface area contributed by atoms with Crippen molar-refractivity contribution in [2.75, 3.05) is 5.73 Å². The summed E-state index contributed by atoms with van der Waals surface area (Å²) in [5.41, 5.74) is 5.35. The van der Waals surface area contributed by atoms with Crippen molar-refractivity contribution >= 4 is 11.6 Å². The summed E-state index contributed by atoms with van der Waals surface area (Å²) in [4.78, 5) is 11.8. The number of nitrogens with two attached hydrogens (primary N) is 1. The van der Waals surface area contributed by atoms with Gasteiger partial charge in [-0.25, -0.2) is 13.2 Å². The van der Waals surface area contributed by atoms with Gasteiger partial charge in [-0.3, -0.25) is 4.79 Å². The Morgan fingerprint density at radius 3 is 2.40 bits per heavy atom. The van der Waals surface area contributed by atoms with Crippen molar-refractivity contribution in [3.8, 4) is 0 Å². The van der Waals surface area contributed by atoms with Crippen molar-refractivity contribution in [1.82, 2.24) is 5.32 Å². The van der Waals surface area contributed by atoms with Gasteiger partial charge in [-0.2, -0.15) is 0 Å². The Kier molecular flexibility index (Phi) is 3.93. The molecule has 0 spiro atoms. The molecule has 6 heteroatoms. The molecular weight excluding hydrogens is 269 g/mol. The van der Waals surface area contributed by atoms with Crippen LogP contribution in [0.4, 0.5) is 18.9 Å². The van der Waals surface area contributed by atoms with Crippen LogP contribution in [-0.4, -0.2) is 5.91 Å². The second-order valence-electron chi connectivity index (χ2n) is 4.13. The number of anilines is 1. The summed E-state index contributed by atoms with van der Waals surface area (Å²) >= 11 is 0. The van der Waals surface area contributed by atoms with Gasteiger partial charge in [0.1, 0.15) is 5.82 Å². The highest BCUT2D eigenvalue weighted by atomic mass is 19.2. The fourth-order valence-corrected chi connectivity index (χ4v) is 1.67. The Morgan fingerprint density at radius 1 is 1.05 bits per heavy atom. The van der Waals surface area contributed by atoms with Gasteiger partial charge in [-0.05, 0) is 12.1 Å². The molecule has 0 aliphatic rings. The molecule has 3 N–H and O–H groups in total. The summed E-state index contributed by atoms with van der Waals surface area (Å²) < 4.78 is 39.3. The van der Waals surface area contributed by atoms with Crippen molar-refractivity contribution in [2.45, 2.75) is 6.54 Å². The van der Waals surface area contributed by atoms with Crippen LogP contribution >= 0.6 is 0 Å². The van der Waals surface area contributed by atoms with Crippen LogP contribution in [0.1, 0.15) is 15.9 Å². The summed E-state index contributed by atoms with van der Waals surface area (Å²) in [7, 11) is 0. The van der Waals surface area contributed by atoms with E-state index >= 15 is 0 Å². The van der Waals surface area contributed by atoms with Crippen LogP contribution in [0.5, 0.6) is 0 Å². The van der Waals surface area contributed by atoms with E-state index in [9.17, 15) is 18.0 Å². The lowest BCUT2D eigenvalue weighted by atomic mass is 10.1. The van der Waals surface area contributed by atoms with Gasteiger partial charge in [0.2, 0.25) is 0 Å². The number of nitrogen functional groups attached to an aromatic ring is 1. The zero-order chi connectivity index (χ0) is 14.7. The van der Waals surface area contributed by atoms with Crippen molar-refractivity contribution in [1.29, 1.82) is 0 Å². The average molecular weight is 280 g/mol. The van der Waals surface area contributed by atoms with Gasteiger partial charge in [0.25, 0.3) is 5.91 Å². The highest BCUT2D eigenvalue weighted by molar-refractivity contribution is 5.99. The van der Waals surface area contributed by atoms with E-state index in [0.29, 0.717) is 6.07 Å². The van der Waals surface area contributed by atoms with Gasteiger partial charge in [-0.1, -0.05) is 18.2 Å². The number of amides is 1. The average Bonchev–Trinajstić information content (AvgIpc) is 2.41. The fourth-order valence-electron chi connectivity index (χ4n) is 1.67. The number of nitrogens with one attached hydrogen (secondary N) is 1. The topological polar surface area (TPSA) is 55.1 Å². The standard InChI is InChI=1S/C14H11F3N2O/c15-10-4-2-1-3-8(10)7-19-14(20)9-5-11(16)12(17)6-13(9)18/h1-6H,7,18H2,(H,19,20). The number of hydrogen-bond donors (Lipinski definition) is 2. The summed E-state index contributed by atoms with van der Waals surface area (Å²) in [5.74, 6) is -3.47. The Labute approximate surface area is 113 Å². The Bertz CT molecular complexity index is 659. The Hall–Kier alpha value is -2.50. The third-order valence-electron chi connectivity index (χ3n) is 2.73. The van der Waals surface area contributed by atoms with Crippen LogP contribution in [-0.2, 0) is 6.54 Å². The predicted octanol–water partition coefficient (Wildman–Crippen LogP) is 2.62. The third kappa shape index (κ3) is 2.90. The molecule has 1 amide bonds. The maximum atomic E-state index is 13.4. The van der Waals surface area contributed by atoms with E-state index in [2.05, 4.69) is 5.32 Å². The lowest BCUT2D eigenvalue weighted by Crippen LogP contribution is -2.24. The highest BCUT2D eigenvalue weighted by Gasteiger charge is 2.14. The molecule has 0 bridgehead atoms. The third-order valence-corrected chi connectivity index (χ3v) is 2.73. The molecule has 0 radical (unpaired) electrons. The molecule has 0 atom stereocenters. The zero-order valence-electron chi connectivity index (χ0n) is 10.3. The minimum atomic E-state index is -1.17. The van der Waals surface area contributed by atoms with Gasteiger partial charge in [0.05, 0.1) is 5.56 Å². The molecule has 0 aliphatic heterocycles. The molecule has 0 saturated carbocycles. The number of carbonyl (C=O) groups excluding carboxylic acids is 1. The Morgan fingerprint density at radius 2 is 1.70 bits per heavy atom. The van der Waals surface area contributed by atoms with Crippen molar-refractivity contribution < 1.29 is 18.0 Å². The number of carbonyl (C=O) groups is 1. The monoisotopic (exact) mass is 280 g/mol. The first kappa shape index (κ1) is 13.9. The van der Waals surface area contributed by atoms with Crippen LogP contribution in [0.2, 0.25) is 0 Å². The predicted molar refractivity (Wildman–Crippen MR) is 68.3 cm³/mol. The fraction of sp³-hybridized carbons (Fsp3) is 0.0714. The van der Waals surface area contributed by atoms with Crippen molar-refractivity contribution in [2.24, 2.45) is 0 Å². The quantitative estimate of drug-likeness (QED) is 0.849. The molecule has 0 aliphatic carbocycles. The number of rotatable bonds is 3. The minimum absolute atomic E-state index is 0.0794. The summed E-state index contributed by atoms with van der Waals surface area (Å²) in [6.07, 6.45) is 0. The molecule has 3 nitrogen and oxygen atoms in total. The van der Waals surface area contributed by atoms with E-state index in [1.54, 1.807) is 6.07 Å². The first-order chi connectivity index (χ1) is 9.49. The molecule has 0 aromatic heterocycles. The molecule has 0 heterocycles. The first-order valence-electron chi connectivity index (χ1n) is 5.75. The molecule has 2 aromatic rings. The summed E-state index contributed by atoms with van der Waals surface area (Å²) in [5, 5.41) is 2.40. The van der Waals surface area contributed by atoms with E-state index in [4.69, 9.17) is 5.73 Å². The molecular formula is C14H11F3N2O. The van der Waals surface area contributed by atoms with Crippen molar-refractivity contribution in [3.63, 3.8) is 0 Å². The largest absolute Gasteiger partial charge is 0.398 e. The van der Waals surface area contributed by atoms with E-state index in [-0.39, 0.29) is 23.4 Å². The molecule has 20 heavy (non-hydrogen) atoms. The van der Waals surface area contributed by atoms with Crippen LogP contribution in [0.15, 0.2) is 36.4 Å². The minimum Gasteiger partial charge on any atom is -0.398 e. The molecule has 2 aromatic carbocycles. The normalized spacial score (nSPS) is 10.3. The maximum Gasteiger partial charge on any atom is 0.253 e. The second kappa shape index (κ2) is 5.64. The SMILES string of the molecule is Nc1cc(F)c(F)cc1C(=O)NCc1ccccc1F. The maximum absolute atomic E-state index is 13.4. The second-order valence-corrected chi connectivity index (χ2v) is 4.13. The molecule has 0 fully saturated rings. The highest BCUT2D eigenvalue weighted by Crippen LogP contribution is 2.17. The van der Waals surface area contributed by atoms with Crippen LogP contribution in [0, 0.1) is 17.5 Å². The zero-order valence-corrected chi connectivity index (χ0v) is 10.3. The lowest BCUT2D eigenvalue weighted by molar-refractivity contribution is 0.0951. The molecule has 104 valence electrons. The van der Waals surface area contributed by atoms with Crippen LogP contribution in [0.25, 0.3) is 0 Å². The summed E-state index contributed by atoms with van der Waals surface area (Å²) in [6, 6.07) is 7.34. The van der Waals surface area contributed by atoms with Gasteiger partial charge < -0.3 is 11.1 Å². The Balaban J connectivity index is 2.13. The van der Waals surface area contributed by atoms with Gasteiger partial charge in [-0.15, -0.1) is 0 Å². The van der Waals surface area contributed by atoms with E-state index in [1.165, 1.54) is 18.2 Å². The number of benzene rings is 2. The van der Waals surface area contributed by atoms with Crippen LogP contribution in [0.3, 0.4) is 0 Å². The van der Waals surface area contributed by atoms with Gasteiger partial charge >= 0.3 is 0 Å². The van der Waals surface area contributed by atoms with E-state index in [1.807, 2.05) is 0 Å². The molecule has 2 rings (SSSR count). The van der Waals surface area contributed by atoms with E-state index in [0.717, 1.165) is 6.07 Å². The molecule has 0 saturated heterocycles. The smallest absolute Gasteiger partial charge is 0.253 e. The van der Waals surface area contributed by atoms with Crippen LogP contribution < -0.4 is 11.1 Å². The first-order valence-corrected chi connectivity index (χ1v) is 5.75. The number of hydrogen-bond acceptors (Lipinski definition) is 2. The van der Waals surface area contributed by atoms with Gasteiger partial charge in [0, 0.05) is 23.9 Å².